The quantitative estimate of drug-likeness (QED) is 0.367. The lowest BCUT2D eigenvalue weighted by Gasteiger charge is -2.30. The molecule has 168 valence electrons. The summed E-state index contributed by atoms with van der Waals surface area (Å²) in [6, 6.07) is 10.8. The van der Waals surface area contributed by atoms with Crippen LogP contribution in [0.1, 0.15) is 30.7 Å². The molecule has 1 aromatic heterocycles. The number of halogens is 4. The summed E-state index contributed by atoms with van der Waals surface area (Å²) in [5.41, 5.74) is -5.52. The van der Waals surface area contributed by atoms with Gasteiger partial charge in [0.2, 0.25) is 6.54 Å². The number of hydrogen-bond donors (Lipinski definition) is 2. The van der Waals surface area contributed by atoms with Crippen LogP contribution in [0, 0.1) is 10.1 Å². The maximum Gasteiger partial charge on any atom is 0.429 e. The van der Waals surface area contributed by atoms with Crippen LogP contribution >= 0.6 is 11.6 Å². The van der Waals surface area contributed by atoms with E-state index in [0.717, 1.165) is 11.6 Å². The SMILES string of the molecule is CC(C)(NC(=O)OCc1ccccc1)c1cc(Cl)nc(C(O)(C[N+](=O)[O-])C(F)(F)F)c1. The average molecular weight is 462 g/mol. The third-order valence-electron chi connectivity index (χ3n) is 4.39. The van der Waals surface area contributed by atoms with Gasteiger partial charge in [-0.15, -0.1) is 0 Å². The Morgan fingerprint density at radius 2 is 1.87 bits per heavy atom. The summed E-state index contributed by atoms with van der Waals surface area (Å²) >= 11 is 5.82. The van der Waals surface area contributed by atoms with E-state index in [9.17, 15) is 33.2 Å². The summed E-state index contributed by atoms with van der Waals surface area (Å²) in [5.74, 6) is 0. The molecule has 12 heteroatoms. The van der Waals surface area contributed by atoms with Crippen LogP contribution in [0.4, 0.5) is 18.0 Å². The molecule has 0 saturated heterocycles. The fraction of sp³-hybridized carbons (Fsp3) is 0.368. The number of ether oxygens (including phenoxy) is 1. The second-order valence-electron chi connectivity index (χ2n) is 7.22. The first kappa shape index (κ1) is 24.4. The number of benzene rings is 1. The van der Waals surface area contributed by atoms with Gasteiger partial charge in [-0.05, 0) is 37.1 Å². The third kappa shape index (κ3) is 6.05. The van der Waals surface area contributed by atoms with Crippen LogP contribution in [0.5, 0.6) is 0 Å². The fourth-order valence-corrected chi connectivity index (χ4v) is 2.87. The van der Waals surface area contributed by atoms with Gasteiger partial charge in [0, 0.05) is 4.92 Å². The van der Waals surface area contributed by atoms with E-state index in [4.69, 9.17) is 16.3 Å². The van der Waals surface area contributed by atoms with Gasteiger partial charge in [-0.1, -0.05) is 41.9 Å². The van der Waals surface area contributed by atoms with Gasteiger partial charge < -0.3 is 15.2 Å². The highest BCUT2D eigenvalue weighted by Crippen LogP contribution is 2.40. The predicted octanol–water partition coefficient (Wildman–Crippen LogP) is 3.92. The number of hydrogen-bond acceptors (Lipinski definition) is 6. The van der Waals surface area contributed by atoms with Crippen molar-refractivity contribution in [1.29, 1.82) is 0 Å². The van der Waals surface area contributed by atoms with Crippen molar-refractivity contribution in [3.63, 3.8) is 0 Å². The van der Waals surface area contributed by atoms with Crippen molar-refractivity contribution in [2.45, 2.75) is 37.8 Å². The Bertz CT molecular complexity index is 957. The predicted molar refractivity (Wildman–Crippen MR) is 104 cm³/mol. The maximum absolute atomic E-state index is 13.5. The molecule has 0 fully saturated rings. The largest absolute Gasteiger partial charge is 0.445 e. The van der Waals surface area contributed by atoms with Crippen LogP contribution in [-0.4, -0.2) is 33.8 Å². The monoisotopic (exact) mass is 461 g/mol. The zero-order chi connectivity index (χ0) is 23.4. The molecule has 0 spiro atoms. The zero-order valence-corrected chi connectivity index (χ0v) is 17.2. The van der Waals surface area contributed by atoms with Crippen LogP contribution in [0.15, 0.2) is 42.5 Å². The molecule has 0 aliphatic carbocycles. The molecule has 1 heterocycles. The topological polar surface area (TPSA) is 115 Å². The lowest BCUT2D eigenvalue weighted by molar-refractivity contribution is -0.519. The maximum atomic E-state index is 13.5. The van der Waals surface area contributed by atoms with Gasteiger partial charge in [0.15, 0.2) is 0 Å². The molecule has 2 N–H and O–H groups in total. The lowest BCUT2D eigenvalue weighted by Crippen LogP contribution is -2.49. The first-order valence-corrected chi connectivity index (χ1v) is 9.21. The van der Waals surface area contributed by atoms with Gasteiger partial charge in [-0.3, -0.25) is 10.1 Å². The number of amides is 1. The minimum Gasteiger partial charge on any atom is -0.445 e. The van der Waals surface area contributed by atoms with Crippen molar-refractivity contribution in [2.75, 3.05) is 6.54 Å². The van der Waals surface area contributed by atoms with E-state index in [1.165, 1.54) is 19.9 Å². The van der Waals surface area contributed by atoms with Crippen LogP contribution in [0.25, 0.3) is 0 Å². The van der Waals surface area contributed by atoms with Crippen molar-refractivity contribution in [2.24, 2.45) is 0 Å². The minimum atomic E-state index is -5.40. The summed E-state index contributed by atoms with van der Waals surface area (Å²) in [7, 11) is 0. The normalized spacial score (nSPS) is 13.9. The molecule has 2 rings (SSSR count). The summed E-state index contributed by atoms with van der Waals surface area (Å²) in [5, 5.41) is 22.9. The Morgan fingerprint density at radius 1 is 1.26 bits per heavy atom. The number of alkyl carbamates (subject to hydrolysis) is 1. The highest BCUT2D eigenvalue weighted by molar-refractivity contribution is 6.29. The van der Waals surface area contributed by atoms with Gasteiger partial charge in [-0.2, -0.15) is 13.2 Å². The van der Waals surface area contributed by atoms with Crippen molar-refractivity contribution in [1.82, 2.24) is 10.3 Å². The highest BCUT2D eigenvalue weighted by atomic mass is 35.5. The second-order valence-corrected chi connectivity index (χ2v) is 7.61. The Morgan fingerprint density at radius 3 is 2.42 bits per heavy atom. The van der Waals surface area contributed by atoms with E-state index < -0.39 is 45.7 Å². The van der Waals surface area contributed by atoms with Crippen molar-refractivity contribution >= 4 is 17.7 Å². The first-order chi connectivity index (χ1) is 14.2. The van der Waals surface area contributed by atoms with Gasteiger partial charge in [-0.25, -0.2) is 9.78 Å². The molecule has 2 aromatic rings. The lowest BCUT2D eigenvalue weighted by atomic mass is 9.90. The van der Waals surface area contributed by atoms with E-state index in [1.54, 1.807) is 30.3 Å². The van der Waals surface area contributed by atoms with E-state index >= 15 is 0 Å². The van der Waals surface area contributed by atoms with Crippen LogP contribution < -0.4 is 5.32 Å². The first-order valence-electron chi connectivity index (χ1n) is 8.83. The number of alkyl halides is 3. The molecular weight excluding hydrogens is 443 g/mol. The second kappa shape index (κ2) is 9.06. The molecule has 1 atom stereocenters. The summed E-state index contributed by atoms with van der Waals surface area (Å²) in [6.07, 6.45) is -6.26. The number of rotatable bonds is 7. The van der Waals surface area contributed by atoms with Crippen molar-refractivity contribution in [3.8, 4) is 0 Å². The van der Waals surface area contributed by atoms with Crippen molar-refractivity contribution < 1.29 is 32.7 Å². The van der Waals surface area contributed by atoms with Gasteiger partial charge in [0.25, 0.3) is 5.60 Å². The Labute approximate surface area is 180 Å². The van der Waals surface area contributed by atoms with Crippen LogP contribution in [0.2, 0.25) is 5.15 Å². The molecular formula is C19H19ClF3N3O5. The summed E-state index contributed by atoms with van der Waals surface area (Å²) in [6.45, 7) is 0.997. The summed E-state index contributed by atoms with van der Waals surface area (Å²) < 4.78 is 45.5. The number of pyridine rings is 1. The number of nitrogens with one attached hydrogen (secondary N) is 1. The molecule has 0 aliphatic rings. The van der Waals surface area contributed by atoms with Crippen LogP contribution in [-0.2, 0) is 22.5 Å². The Balaban J connectivity index is 2.29. The molecule has 31 heavy (non-hydrogen) atoms. The number of carbonyl (C=O) groups excluding carboxylic acids is 1. The Hall–Kier alpha value is -2.92. The van der Waals surface area contributed by atoms with E-state index in [2.05, 4.69) is 10.3 Å². The summed E-state index contributed by atoms with van der Waals surface area (Å²) in [4.78, 5) is 25.1. The van der Waals surface area contributed by atoms with Gasteiger partial charge >= 0.3 is 12.3 Å². The van der Waals surface area contributed by atoms with Crippen molar-refractivity contribution in [3.05, 3.63) is 74.6 Å². The molecule has 8 nitrogen and oxygen atoms in total. The smallest absolute Gasteiger partial charge is 0.429 e. The average Bonchev–Trinajstić information content (AvgIpc) is 2.65. The number of aromatic nitrogens is 1. The Kier molecular flexibility index (Phi) is 7.12. The minimum absolute atomic E-state index is 0.0187. The molecule has 0 bridgehead atoms. The number of nitrogens with zero attached hydrogens (tertiary/aromatic N) is 2. The van der Waals surface area contributed by atoms with Gasteiger partial charge in [0.05, 0.1) is 11.2 Å². The molecule has 1 amide bonds. The fourth-order valence-electron chi connectivity index (χ4n) is 2.66. The van der Waals surface area contributed by atoms with E-state index in [-0.39, 0.29) is 12.2 Å². The molecule has 1 unspecified atom stereocenters. The number of carbonyl (C=O) groups is 1. The van der Waals surface area contributed by atoms with E-state index in [1.807, 2.05) is 0 Å². The molecule has 0 saturated carbocycles. The molecule has 0 aliphatic heterocycles. The third-order valence-corrected chi connectivity index (χ3v) is 4.59. The molecule has 0 radical (unpaired) electrons. The van der Waals surface area contributed by atoms with Crippen LogP contribution in [0.3, 0.4) is 0 Å². The van der Waals surface area contributed by atoms with Gasteiger partial charge in [0.1, 0.15) is 11.8 Å². The number of aliphatic hydroxyl groups is 1. The van der Waals surface area contributed by atoms with E-state index in [0.29, 0.717) is 0 Å². The zero-order valence-electron chi connectivity index (χ0n) is 16.4. The number of nitro groups is 1. The highest BCUT2D eigenvalue weighted by Gasteiger charge is 2.60. The standard InChI is InChI=1S/C19H19ClF3N3O5/c1-17(2,25-16(27)31-10-12-6-4-3-5-7-12)13-8-14(24-15(20)9-13)18(28,11-26(29)30)19(21,22)23/h3-9,28H,10-11H2,1-2H3,(H,25,27). The molecule has 1 aromatic carbocycles.